The summed E-state index contributed by atoms with van der Waals surface area (Å²) < 4.78 is 5.53. The van der Waals surface area contributed by atoms with Crippen LogP contribution in [-0.2, 0) is 0 Å². The number of oxazole rings is 1. The SMILES string of the molecule is Cc1nc2ccc(C(N)C3CCCN3)cc2o1. The Hall–Kier alpha value is -1.39. The van der Waals surface area contributed by atoms with Crippen LogP contribution in [0.3, 0.4) is 0 Å². The van der Waals surface area contributed by atoms with E-state index in [-0.39, 0.29) is 6.04 Å². The van der Waals surface area contributed by atoms with Gasteiger partial charge in [-0.15, -0.1) is 0 Å². The van der Waals surface area contributed by atoms with Gasteiger partial charge in [0, 0.05) is 19.0 Å². The molecular weight excluding hydrogens is 214 g/mol. The molecular formula is C13H17N3O. The van der Waals surface area contributed by atoms with E-state index in [9.17, 15) is 0 Å². The Labute approximate surface area is 100 Å². The normalized spacial score (nSPS) is 22.1. The van der Waals surface area contributed by atoms with Crippen molar-refractivity contribution in [3.05, 3.63) is 29.7 Å². The van der Waals surface area contributed by atoms with E-state index in [2.05, 4.69) is 16.4 Å². The van der Waals surface area contributed by atoms with E-state index in [1.54, 1.807) is 0 Å². The van der Waals surface area contributed by atoms with Crippen LogP contribution < -0.4 is 11.1 Å². The van der Waals surface area contributed by atoms with Crippen molar-refractivity contribution in [2.45, 2.75) is 31.8 Å². The van der Waals surface area contributed by atoms with Crippen molar-refractivity contribution in [3.63, 3.8) is 0 Å². The van der Waals surface area contributed by atoms with Gasteiger partial charge in [0.2, 0.25) is 0 Å². The van der Waals surface area contributed by atoms with Crippen molar-refractivity contribution < 1.29 is 4.42 Å². The predicted molar refractivity (Wildman–Crippen MR) is 66.7 cm³/mol. The van der Waals surface area contributed by atoms with Crippen LogP contribution >= 0.6 is 0 Å². The summed E-state index contributed by atoms with van der Waals surface area (Å²) in [6.07, 6.45) is 2.36. The average molecular weight is 231 g/mol. The number of benzene rings is 1. The van der Waals surface area contributed by atoms with Crippen molar-refractivity contribution >= 4 is 11.1 Å². The second kappa shape index (κ2) is 4.13. The Morgan fingerprint density at radius 2 is 2.41 bits per heavy atom. The predicted octanol–water partition coefficient (Wildman–Crippen LogP) is 1.89. The van der Waals surface area contributed by atoms with Gasteiger partial charge in [0.25, 0.3) is 0 Å². The van der Waals surface area contributed by atoms with Crippen molar-refractivity contribution in [2.75, 3.05) is 6.54 Å². The first kappa shape index (κ1) is 10.7. The lowest BCUT2D eigenvalue weighted by Gasteiger charge is -2.19. The summed E-state index contributed by atoms with van der Waals surface area (Å²) in [7, 11) is 0. The number of rotatable bonds is 2. The molecule has 3 N–H and O–H groups in total. The summed E-state index contributed by atoms with van der Waals surface area (Å²) in [5.74, 6) is 0.699. The van der Waals surface area contributed by atoms with Crippen LogP contribution in [0.4, 0.5) is 0 Å². The lowest BCUT2D eigenvalue weighted by molar-refractivity contribution is 0.500. The van der Waals surface area contributed by atoms with Gasteiger partial charge in [0.15, 0.2) is 11.5 Å². The molecule has 1 saturated heterocycles. The fraction of sp³-hybridized carbons (Fsp3) is 0.462. The van der Waals surface area contributed by atoms with Gasteiger partial charge >= 0.3 is 0 Å². The van der Waals surface area contributed by atoms with Gasteiger partial charge in [-0.2, -0.15) is 0 Å². The average Bonchev–Trinajstić information content (AvgIpc) is 2.94. The molecule has 2 unspecified atom stereocenters. The second-order valence-electron chi connectivity index (χ2n) is 4.69. The second-order valence-corrected chi connectivity index (χ2v) is 4.69. The van der Waals surface area contributed by atoms with E-state index in [1.165, 1.54) is 6.42 Å². The summed E-state index contributed by atoms with van der Waals surface area (Å²) in [6.45, 7) is 2.93. The molecule has 0 spiro atoms. The first-order chi connectivity index (χ1) is 8.24. The molecule has 1 fully saturated rings. The van der Waals surface area contributed by atoms with Crippen molar-refractivity contribution in [3.8, 4) is 0 Å². The maximum Gasteiger partial charge on any atom is 0.192 e. The monoisotopic (exact) mass is 231 g/mol. The molecule has 1 aliphatic heterocycles. The van der Waals surface area contributed by atoms with Crippen LogP contribution in [0.1, 0.15) is 30.3 Å². The molecule has 2 heterocycles. The van der Waals surface area contributed by atoms with Crippen molar-refractivity contribution in [1.29, 1.82) is 0 Å². The van der Waals surface area contributed by atoms with E-state index in [0.29, 0.717) is 11.9 Å². The van der Waals surface area contributed by atoms with Gasteiger partial charge in [-0.05, 0) is 37.1 Å². The number of nitrogens with one attached hydrogen (secondary N) is 1. The summed E-state index contributed by atoms with van der Waals surface area (Å²) >= 11 is 0. The molecule has 0 saturated carbocycles. The highest BCUT2D eigenvalue weighted by Crippen LogP contribution is 2.24. The molecule has 90 valence electrons. The zero-order chi connectivity index (χ0) is 11.8. The zero-order valence-electron chi connectivity index (χ0n) is 9.94. The Morgan fingerprint density at radius 3 is 3.18 bits per heavy atom. The summed E-state index contributed by atoms with van der Waals surface area (Å²) in [4.78, 5) is 4.29. The minimum absolute atomic E-state index is 0.0345. The molecule has 1 aliphatic rings. The smallest absolute Gasteiger partial charge is 0.192 e. The van der Waals surface area contributed by atoms with Crippen LogP contribution in [0.2, 0.25) is 0 Å². The molecule has 0 radical (unpaired) electrons. The largest absolute Gasteiger partial charge is 0.441 e. The maximum atomic E-state index is 6.27. The number of aromatic nitrogens is 1. The molecule has 2 aromatic rings. The highest BCUT2D eigenvalue weighted by molar-refractivity contribution is 5.73. The molecule has 0 bridgehead atoms. The highest BCUT2D eigenvalue weighted by atomic mass is 16.3. The van der Waals surface area contributed by atoms with Crippen LogP contribution in [0.15, 0.2) is 22.6 Å². The molecule has 3 rings (SSSR count). The number of hydrogen-bond donors (Lipinski definition) is 2. The number of hydrogen-bond acceptors (Lipinski definition) is 4. The first-order valence-electron chi connectivity index (χ1n) is 6.10. The quantitative estimate of drug-likeness (QED) is 0.828. The standard InChI is InChI=1S/C13H17N3O/c1-8-16-10-5-4-9(7-12(10)17-8)13(14)11-3-2-6-15-11/h4-5,7,11,13,15H,2-3,6,14H2,1H3. The van der Waals surface area contributed by atoms with Gasteiger partial charge in [0.1, 0.15) is 5.52 Å². The molecule has 4 heteroatoms. The molecule has 2 atom stereocenters. The molecule has 1 aromatic heterocycles. The van der Waals surface area contributed by atoms with Crippen molar-refractivity contribution in [1.82, 2.24) is 10.3 Å². The van der Waals surface area contributed by atoms with E-state index >= 15 is 0 Å². The third-order valence-corrected chi connectivity index (χ3v) is 3.44. The fourth-order valence-corrected chi connectivity index (χ4v) is 2.51. The zero-order valence-corrected chi connectivity index (χ0v) is 9.94. The van der Waals surface area contributed by atoms with Crippen LogP contribution in [-0.4, -0.2) is 17.6 Å². The number of aryl methyl sites for hydroxylation is 1. The van der Waals surface area contributed by atoms with Crippen molar-refractivity contribution in [2.24, 2.45) is 5.73 Å². The Morgan fingerprint density at radius 1 is 1.53 bits per heavy atom. The number of nitrogens with zero attached hydrogens (tertiary/aromatic N) is 1. The van der Waals surface area contributed by atoms with Crippen LogP contribution in [0, 0.1) is 6.92 Å². The van der Waals surface area contributed by atoms with Gasteiger partial charge in [-0.1, -0.05) is 6.07 Å². The molecule has 0 aliphatic carbocycles. The van der Waals surface area contributed by atoms with Crippen LogP contribution in [0.5, 0.6) is 0 Å². The third-order valence-electron chi connectivity index (χ3n) is 3.44. The summed E-state index contributed by atoms with van der Waals surface area (Å²) in [5.41, 5.74) is 9.12. The van der Waals surface area contributed by atoms with E-state index in [4.69, 9.17) is 10.2 Å². The minimum atomic E-state index is 0.0345. The van der Waals surface area contributed by atoms with Crippen LogP contribution in [0.25, 0.3) is 11.1 Å². The fourth-order valence-electron chi connectivity index (χ4n) is 2.51. The molecule has 17 heavy (non-hydrogen) atoms. The van der Waals surface area contributed by atoms with Gasteiger partial charge < -0.3 is 15.5 Å². The lowest BCUT2D eigenvalue weighted by Crippen LogP contribution is -2.34. The van der Waals surface area contributed by atoms with E-state index < -0.39 is 0 Å². The Balaban J connectivity index is 1.93. The van der Waals surface area contributed by atoms with Gasteiger partial charge in [-0.25, -0.2) is 4.98 Å². The minimum Gasteiger partial charge on any atom is -0.441 e. The third kappa shape index (κ3) is 1.94. The molecule has 1 aromatic carbocycles. The first-order valence-corrected chi connectivity index (χ1v) is 6.10. The number of nitrogens with two attached hydrogens (primary N) is 1. The number of fused-ring (bicyclic) bond motifs is 1. The topological polar surface area (TPSA) is 64.1 Å². The van der Waals surface area contributed by atoms with E-state index in [0.717, 1.165) is 29.6 Å². The Kier molecular flexibility index (Phi) is 2.61. The molecule has 4 nitrogen and oxygen atoms in total. The maximum absolute atomic E-state index is 6.27. The van der Waals surface area contributed by atoms with Gasteiger partial charge in [0.05, 0.1) is 0 Å². The molecule has 0 amide bonds. The lowest BCUT2D eigenvalue weighted by atomic mass is 9.99. The van der Waals surface area contributed by atoms with E-state index in [1.807, 2.05) is 19.1 Å². The Bertz CT molecular complexity index is 528. The highest BCUT2D eigenvalue weighted by Gasteiger charge is 2.23. The summed E-state index contributed by atoms with van der Waals surface area (Å²) in [5, 5.41) is 3.44. The summed E-state index contributed by atoms with van der Waals surface area (Å²) in [6, 6.07) is 6.47. The van der Waals surface area contributed by atoms with Gasteiger partial charge in [-0.3, -0.25) is 0 Å².